The van der Waals surface area contributed by atoms with Gasteiger partial charge in [0.05, 0.1) is 0 Å². The number of ketones is 1. The zero-order chi connectivity index (χ0) is 11.8. The lowest BCUT2D eigenvalue weighted by atomic mass is 10.1. The molecule has 4 nitrogen and oxygen atoms in total. The Labute approximate surface area is 97.4 Å². The molecular formula is C13H9N2O2+. The zero-order valence-electron chi connectivity index (χ0n) is 8.87. The van der Waals surface area contributed by atoms with Crippen LogP contribution in [0.4, 0.5) is 5.69 Å². The van der Waals surface area contributed by atoms with Crippen molar-refractivity contribution in [1.29, 1.82) is 0 Å². The Morgan fingerprint density at radius 3 is 2.53 bits per heavy atom. The molecule has 0 bridgehead atoms. The normalized spacial score (nSPS) is 14.0. The van der Waals surface area contributed by atoms with Crippen molar-refractivity contribution in [3.05, 3.63) is 59.9 Å². The standard InChI is InChI=1S/C13H9N2O2/c16-13-9-5-1-2-7-11(9)15(17)12(13)10-6-3-4-8-14-10/h1-8,17H/q+1. The maximum Gasteiger partial charge on any atom is 0.331 e. The summed E-state index contributed by atoms with van der Waals surface area (Å²) in [5, 5.41) is 10.0. The number of hydrogen-bond acceptors (Lipinski definition) is 3. The minimum atomic E-state index is -0.207. The van der Waals surface area contributed by atoms with Gasteiger partial charge in [0.2, 0.25) is 0 Å². The molecule has 0 unspecified atom stereocenters. The summed E-state index contributed by atoms with van der Waals surface area (Å²) in [5.41, 5.74) is 1.66. The maximum atomic E-state index is 12.1. The second-order valence-corrected chi connectivity index (χ2v) is 3.72. The van der Waals surface area contributed by atoms with Crippen LogP contribution in [0.3, 0.4) is 0 Å². The summed E-state index contributed by atoms with van der Waals surface area (Å²) in [6, 6.07) is 12.2. The van der Waals surface area contributed by atoms with Crippen molar-refractivity contribution in [3.63, 3.8) is 0 Å². The van der Waals surface area contributed by atoms with Gasteiger partial charge in [-0.2, -0.15) is 0 Å². The van der Waals surface area contributed by atoms with Crippen LogP contribution in [-0.2, 0) is 0 Å². The Balaban J connectivity index is 2.22. The molecule has 2 aromatic rings. The van der Waals surface area contributed by atoms with Gasteiger partial charge >= 0.3 is 5.71 Å². The van der Waals surface area contributed by atoms with Crippen molar-refractivity contribution < 1.29 is 14.7 Å². The van der Waals surface area contributed by atoms with Gasteiger partial charge in [0.1, 0.15) is 11.3 Å². The van der Waals surface area contributed by atoms with Gasteiger partial charge in [0.15, 0.2) is 0 Å². The topological polar surface area (TPSA) is 53.2 Å². The average molecular weight is 225 g/mol. The third kappa shape index (κ3) is 1.34. The number of carbonyl (C=O) groups is 1. The minimum absolute atomic E-state index is 0.201. The van der Waals surface area contributed by atoms with E-state index >= 15 is 0 Å². The van der Waals surface area contributed by atoms with Crippen LogP contribution in [0.5, 0.6) is 0 Å². The third-order valence-corrected chi connectivity index (χ3v) is 2.71. The molecule has 17 heavy (non-hydrogen) atoms. The van der Waals surface area contributed by atoms with Crippen molar-refractivity contribution >= 4 is 17.2 Å². The molecule has 0 fully saturated rings. The summed E-state index contributed by atoms with van der Waals surface area (Å²) >= 11 is 0. The number of rotatable bonds is 1. The molecule has 82 valence electrons. The highest BCUT2D eigenvalue weighted by Gasteiger charge is 2.40. The van der Waals surface area contributed by atoms with E-state index in [0.29, 0.717) is 16.9 Å². The number of benzene rings is 1. The molecule has 4 heteroatoms. The summed E-state index contributed by atoms with van der Waals surface area (Å²) in [7, 11) is 0. The molecule has 1 N–H and O–H groups in total. The predicted molar refractivity (Wildman–Crippen MR) is 60.8 cm³/mol. The second-order valence-electron chi connectivity index (χ2n) is 3.72. The van der Waals surface area contributed by atoms with E-state index in [-0.39, 0.29) is 11.5 Å². The van der Waals surface area contributed by atoms with Gasteiger partial charge < -0.3 is 0 Å². The number of pyridine rings is 1. The van der Waals surface area contributed by atoms with E-state index in [1.54, 1.807) is 48.7 Å². The number of Topliss-reactive ketones (excluding diaryl/α,β-unsaturated/α-hetero) is 1. The van der Waals surface area contributed by atoms with Crippen LogP contribution < -0.4 is 0 Å². The van der Waals surface area contributed by atoms with Crippen molar-refractivity contribution in [2.75, 3.05) is 0 Å². The van der Waals surface area contributed by atoms with E-state index in [0.717, 1.165) is 4.74 Å². The fourth-order valence-corrected chi connectivity index (χ4v) is 1.92. The van der Waals surface area contributed by atoms with Gasteiger partial charge in [-0.25, -0.2) is 4.98 Å². The molecule has 0 saturated heterocycles. The number of fused-ring (bicyclic) bond motifs is 1. The first-order valence-corrected chi connectivity index (χ1v) is 5.20. The van der Waals surface area contributed by atoms with Gasteiger partial charge in [-0.15, -0.1) is 0 Å². The summed E-state index contributed by atoms with van der Waals surface area (Å²) in [6.45, 7) is 0. The summed E-state index contributed by atoms with van der Waals surface area (Å²) in [5.74, 6) is -0.207. The van der Waals surface area contributed by atoms with Crippen LogP contribution in [0, 0.1) is 0 Å². The fourth-order valence-electron chi connectivity index (χ4n) is 1.92. The Morgan fingerprint density at radius 1 is 1.06 bits per heavy atom. The van der Waals surface area contributed by atoms with Crippen LogP contribution in [0.1, 0.15) is 16.1 Å². The van der Waals surface area contributed by atoms with Gasteiger partial charge in [-0.05, 0) is 18.2 Å². The molecule has 0 amide bonds. The van der Waals surface area contributed by atoms with Gasteiger partial charge in [-0.3, -0.25) is 10.0 Å². The predicted octanol–water partition coefficient (Wildman–Crippen LogP) is 1.80. The molecule has 0 aliphatic carbocycles. The van der Waals surface area contributed by atoms with Crippen molar-refractivity contribution in [3.8, 4) is 0 Å². The largest absolute Gasteiger partial charge is 0.331 e. The SMILES string of the molecule is O=C1C(c2ccccn2)=[N+](O)c2ccccc21. The highest BCUT2D eigenvalue weighted by Crippen LogP contribution is 2.26. The van der Waals surface area contributed by atoms with Crippen LogP contribution in [-0.4, -0.2) is 26.4 Å². The first kappa shape index (κ1) is 9.72. The highest BCUT2D eigenvalue weighted by molar-refractivity contribution is 6.51. The van der Waals surface area contributed by atoms with Crippen molar-refractivity contribution in [1.82, 2.24) is 4.98 Å². The lowest BCUT2D eigenvalue weighted by Crippen LogP contribution is -2.18. The molecule has 0 spiro atoms. The highest BCUT2D eigenvalue weighted by atomic mass is 16.5. The molecule has 2 heterocycles. The first-order valence-electron chi connectivity index (χ1n) is 5.20. The monoisotopic (exact) mass is 225 g/mol. The zero-order valence-corrected chi connectivity index (χ0v) is 8.87. The smallest absolute Gasteiger partial charge is 0.284 e. The molecule has 3 rings (SSSR count). The van der Waals surface area contributed by atoms with Gasteiger partial charge in [0.25, 0.3) is 11.5 Å². The number of nitrogens with zero attached hydrogens (tertiary/aromatic N) is 2. The Bertz CT molecular complexity index is 633. The summed E-state index contributed by atoms with van der Waals surface area (Å²) < 4.78 is 0.903. The quantitative estimate of drug-likeness (QED) is 0.594. The summed E-state index contributed by atoms with van der Waals surface area (Å²) in [6.07, 6.45) is 1.59. The Hall–Kier alpha value is -2.49. The molecule has 1 aliphatic rings. The van der Waals surface area contributed by atoms with Crippen LogP contribution >= 0.6 is 0 Å². The van der Waals surface area contributed by atoms with Crippen LogP contribution in [0.25, 0.3) is 0 Å². The number of para-hydroxylation sites is 1. The summed E-state index contributed by atoms with van der Waals surface area (Å²) in [4.78, 5) is 16.2. The van der Waals surface area contributed by atoms with Gasteiger partial charge in [0, 0.05) is 17.0 Å². The molecule has 0 radical (unpaired) electrons. The van der Waals surface area contributed by atoms with Crippen LogP contribution in [0.2, 0.25) is 0 Å². The second kappa shape index (κ2) is 3.52. The average Bonchev–Trinajstić information content (AvgIpc) is 2.64. The van der Waals surface area contributed by atoms with E-state index in [1.165, 1.54) is 0 Å². The molecule has 0 atom stereocenters. The van der Waals surface area contributed by atoms with E-state index in [2.05, 4.69) is 4.98 Å². The fraction of sp³-hybridized carbons (Fsp3) is 0. The first-order chi connectivity index (χ1) is 8.29. The molecule has 1 aliphatic heterocycles. The molecule has 1 aromatic carbocycles. The molecule has 1 aromatic heterocycles. The van der Waals surface area contributed by atoms with Crippen LogP contribution in [0.15, 0.2) is 48.7 Å². The number of aromatic nitrogens is 1. The Kier molecular flexibility index (Phi) is 2.01. The van der Waals surface area contributed by atoms with Crippen molar-refractivity contribution in [2.45, 2.75) is 0 Å². The maximum absolute atomic E-state index is 12.1. The van der Waals surface area contributed by atoms with Gasteiger partial charge in [-0.1, -0.05) is 18.2 Å². The van der Waals surface area contributed by atoms with E-state index in [1.807, 2.05) is 0 Å². The number of hydrogen-bond donors (Lipinski definition) is 1. The lowest BCUT2D eigenvalue weighted by molar-refractivity contribution is -0.710. The Morgan fingerprint density at radius 2 is 1.82 bits per heavy atom. The number of carbonyl (C=O) groups excluding carboxylic acids is 1. The van der Waals surface area contributed by atoms with Crippen molar-refractivity contribution in [2.24, 2.45) is 0 Å². The molecule has 0 saturated carbocycles. The van der Waals surface area contributed by atoms with E-state index in [9.17, 15) is 10.0 Å². The van der Waals surface area contributed by atoms with E-state index < -0.39 is 0 Å². The molecular weight excluding hydrogens is 216 g/mol. The minimum Gasteiger partial charge on any atom is -0.284 e. The lowest BCUT2D eigenvalue weighted by Gasteiger charge is -1.92. The van der Waals surface area contributed by atoms with E-state index in [4.69, 9.17) is 0 Å². The third-order valence-electron chi connectivity index (χ3n) is 2.71.